The summed E-state index contributed by atoms with van der Waals surface area (Å²) in [7, 11) is 0. The second-order valence-corrected chi connectivity index (χ2v) is 4.70. The van der Waals surface area contributed by atoms with Crippen molar-refractivity contribution in [1.29, 1.82) is 0 Å². The van der Waals surface area contributed by atoms with Gasteiger partial charge in [0.05, 0.1) is 12.4 Å². The van der Waals surface area contributed by atoms with Crippen LogP contribution in [0, 0.1) is 5.92 Å². The molecule has 1 aromatic rings. The van der Waals surface area contributed by atoms with Crippen LogP contribution in [-0.4, -0.2) is 29.6 Å². The fourth-order valence-electron chi connectivity index (χ4n) is 2.22. The number of aromatic nitrogens is 2. The summed E-state index contributed by atoms with van der Waals surface area (Å²) in [6.07, 6.45) is 7.32. The van der Waals surface area contributed by atoms with E-state index < -0.39 is 0 Å². The number of nitrogens with zero attached hydrogens (tertiary/aromatic N) is 3. The Hall–Kier alpha value is -1.32. The van der Waals surface area contributed by atoms with Gasteiger partial charge in [-0.15, -0.1) is 0 Å². The largest absolute Gasteiger partial charge is 0.369 e. The molecule has 94 valence electrons. The normalized spacial score (nSPS) is 19.6. The highest BCUT2D eigenvalue weighted by Gasteiger charge is 2.22. The molecule has 1 aliphatic rings. The molecule has 1 N–H and O–H groups in total. The summed E-state index contributed by atoms with van der Waals surface area (Å²) in [5, 5.41) is 3.28. The van der Waals surface area contributed by atoms with E-state index in [9.17, 15) is 0 Å². The van der Waals surface area contributed by atoms with Crippen LogP contribution in [0.3, 0.4) is 0 Å². The number of anilines is 2. The quantitative estimate of drug-likeness (QED) is 0.850. The molecular weight excluding hydrogens is 212 g/mol. The van der Waals surface area contributed by atoms with Crippen LogP contribution in [0.5, 0.6) is 0 Å². The molecule has 1 aromatic heterocycles. The molecular formula is C13H22N4. The molecule has 17 heavy (non-hydrogen) atoms. The predicted molar refractivity (Wildman–Crippen MR) is 71.4 cm³/mol. The van der Waals surface area contributed by atoms with Gasteiger partial charge in [-0.05, 0) is 18.8 Å². The molecule has 0 spiro atoms. The Labute approximate surface area is 103 Å². The molecule has 0 aromatic carbocycles. The van der Waals surface area contributed by atoms with E-state index in [2.05, 4.69) is 34.0 Å². The average Bonchev–Trinajstić information content (AvgIpc) is 2.85. The first-order valence-corrected chi connectivity index (χ1v) is 6.64. The Morgan fingerprint density at radius 3 is 3.00 bits per heavy atom. The molecule has 0 bridgehead atoms. The molecule has 1 saturated heterocycles. The fraction of sp³-hybridized carbons (Fsp3) is 0.692. The van der Waals surface area contributed by atoms with Crippen LogP contribution in [0.15, 0.2) is 12.4 Å². The van der Waals surface area contributed by atoms with Crippen LogP contribution in [0.4, 0.5) is 11.6 Å². The lowest BCUT2D eigenvalue weighted by Crippen LogP contribution is -2.21. The van der Waals surface area contributed by atoms with Gasteiger partial charge in [0.2, 0.25) is 0 Å². The van der Waals surface area contributed by atoms with Gasteiger partial charge < -0.3 is 10.2 Å². The van der Waals surface area contributed by atoms with Crippen molar-refractivity contribution >= 4 is 11.6 Å². The zero-order chi connectivity index (χ0) is 12.1. The molecule has 1 atom stereocenters. The Balaban J connectivity index is 2.01. The summed E-state index contributed by atoms with van der Waals surface area (Å²) in [6.45, 7) is 7.61. The first kappa shape index (κ1) is 12.1. The van der Waals surface area contributed by atoms with E-state index in [-0.39, 0.29) is 0 Å². The molecule has 0 saturated carbocycles. The Kier molecular flexibility index (Phi) is 4.18. The van der Waals surface area contributed by atoms with Gasteiger partial charge in [0.15, 0.2) is 0 Å². The number of hydrogen-bond donors (Lipinski definition) is 1. The second kappa shape index (κ2) is 5.84. The van der Waals surface area contributed by atoms with Crippen molar-refractivity contribution in [2.24, 2.45) is 5.92 Å². The van der Waals surface area contributed by atoms with Gasteiger partial charge in [0.25, 0.3) is 0 Å². The fourth-order valence-corrected chi connectivity index (χ4v) is 2.22. The first-order chi connectivity index (χ1) is 8.33. The van der Waals surface area contributed by atoms with Crippen LogP contribution >= 0.6 is 0 Å². The highest BCUT2D eigenvalue weighted by molar-refractivity contribution is 5.44. The lowest BCUT2D eigenvalue weighted by atomic mass is 10.1. The van der Waals surface area contributed by atoms with Gasteiger partial charge in [-0.3, -0.25) is 4.98 Å². The zero-order valence-electron chi connectivity index (χ0n) is 10.8. The lowest BCUT2D eigenvalue weighted by molar-refractivity contribution is 0.568. The third kappa shape index (κ3) is 3.08. The molecule has 4 heteroatoms. The van der Waals surface area contributed by atoms with Gasteiger partial charge in [0.1, 0.15) is 11.6 Å². The van der Waals surface area contributed by atoms with Crippen LogP contribution < -0.4 is 10.2 Å². The van der Waals surface area contributed by atoms with Crippen molar-refractivity contribution in [3.05, 3.63) is 12.4 Å². The van der Waals surface area contributed by atoms with Gasteiger partial charge in [0, 0.05) is 19.6 Å². The van der Waals surface area contributed by atoms with Gasteiger partial charge in [-0.2, -0.15) is 0 Å². The van der Waals surface area contributed by atoms with Crippen LogP contribution in [-0.2, 0) is 0 Å². The van der Waals surface area contributed by atoms with Gasteiger partial charge in [-0.25, -0.2) is 4.98 Å². The molecule has 0 radical (unpaired) electrons. The second-order valence-electron chi connectivity index (χ2n) is 4.70. The third-order valence-corrected chi connectivity index (χ3v) is 3.37. The van der Waals surface area contributed by atoms with Crippen molar-refractivity contribution in [2.45, 2.75) is 33.1 Å². The number of hydrogen-bond acceptors (Lipinski definition) is 4. The van der Waals surface area contributed by atoms with Crippen molar-refractivity contribution in [3.8, 4) is 0 Å². The van der Waals surface area contributed by atoms with Crippen molar-refractivity contribution in [1.82, 2.24) is 9.97 Å². The van der Waals surface area contributed by atoms with Gasteiger partial charge in [-0.1, -0.05) is 20.3 Å². The van der Waals surface area contributed by atoms with Crippen LogP contribution in [0.25, 0.3) is 0 Å². The summed E-state index contributed by atoms with van der Waals surface area (Å²) in [4.78, 5) is 11.2. The molecule has 1 aliphatic heterocycles. The predicted octanol–water partition coefficient (Wildman–Crippen LogP) is 2.53. The van der Waals surface area contributed by atoms with Crippen LogP contribution in [0.1, 0.15) is 33.1 Å². The Morgan fingerprint density at radius 1 is 1.41 bits per heavy atom. The minimum absolute atomic E-state index is 0.823. The van der Waals surface area contributed by atoms with Crippen LogP contribution in [0.2, 0.25) is 0 Å². The maximum atomic E-state index is 4.61. The van der Waals surface area contributed by atoms with Crippen molar-refractivity contribution in [3.63, 3.8) is 0 Å². The maximum Gasteiger partial charge on any atom is 0.149 e. The highest BCUT2D eigenvalue weighted by Crippen LogP contribution is 2.24. The smallest absolute Gasteiger partial charge is 0.149 e. The number of nitrogens with one attached hydrogen (secondary N) is 1. The topological polar surface area (TPSA) is 41.1 Å². The SMILES string of the molecule is CCCNc1cncc(N2CCC(CC)C2)n1. The number of rotatable bonds is 5. The summed E-state index contributed by atoms with van der Waals surface area (Å²) in [5.74, 6) is 2.73. The molecule has 0 amide bonds. The molecule has 2 rings (SSSR count). The van der Waals surface area contributed by atoms with E-state index in [0.717, 1.165) is 43.6 Å². The van der Waals surface area contributed by atoms with E-state index in [4.69, 9.17) is 0 Å². The maximum absolute atomic E-state index is 4.61. The third-order valence-electron chi connectivity index (χ3n) is 3.37. The van der Waals surface area contributed by atoms with Crippen molar-refractivity contribution < 1.29 is 0 Å². The molecule has 4 nitrogen and oxygen atoms in total. The standard InChI is InChI=1S/C13H22N4/c1-3-6-15-12-8-14-9-13(16-12)17-7-5-11(4-2)10-17/h8-9,11H,3-7,10H2,1-2H3,(H,15,16). The average molecular weight is 234 g/mol. The summed E-state index contributed by atoms with van der Waals surface area (Å²) >= 11 is 0. The van der Waals surface area contributed by atoms with E-state index in [1.807, 2.05) is 6.20 Å². The first-order valence-electron chi connectivity index (χ1n) is 6.64. The van der Waals surface area contributed by atoms with E-state index in [1.165, 1.54) is 12.8 Å². The summed E-state index contributed by atoms with van der Waals surface area (Å²) in [5.41, 5.74) is 0. The molecule has 2 heterocycles. The minimum Gasteiger partial charge on any atom is -0.369 e. The summed E-state index contributed by atoms with van der Waals surface area (Å²) < 4.78 is 0. The summed E-state index contributed by atoms with van der Waals surface area (Å²) in [6, 6.07) is 0. The zero-order valence-corrected chi connectivity index (χ0v) is 10.8. The Morgan fingerprint density at radius 2 is 2.29 bits per heavy atom. The monoisotopic (exact) mass is 234 g/mol. The molecule has 0 aliphatic carbocycles. The highest BCUT2D eigenvalue weighted by atomic mass is 15.2. The molecule has 1 unspecified atom stereocenters. The van der Waals surface area contributed by atoms with Gasteiger partial charge >= 0.3 is 0 Å². The van der Waals surface area contributed by atoms with E-state index in [0.29, 0.717) is 0 Å². The van der Waals surface area contributed by atoms with Crippen molar-refractivity contribution in [2.75, 3.05) is 29.9 Å². The lowest BCUT2D eigenvalue weighted by Gasteiger charge is -2.17. The van der Waals surface area contributed by atoms with E-state index >= 15 is 0 Å². The molecule has 1 fully saturated rings. The minimum atomic E-state index is 0.823. The van der Waals surface area contributed by atoms with E-state index in [1.54, 1.807) is 6.20 Å². The Bertz CT molecular complexity index is 353.